The van der Waals surface area contributed by atoms with Crippen molar-refractivity contribution in [1.29, 1.82) is 0 Å². The van der Waals surface area contributed by atoms with Crippen LogP contribution in [0.4, 0.5) is 11.4 Å². The van der Waals surface area contributed by atoms with Gasteiger partial charge in [-0.3, -0.25) is 9.98 Å². The van der Waals surface area contributed by atoms with E-state index in [1.165, 1.54) is 119 Å². The summed E-state index contributed by atoms with van der Waals surface area (Å²) in [6.07, 6.45) is 27.2. The maximum Gasteiger partial charge on any atom is 0.0639 e. The normalized spacial score (nSPS) is 11.8. The first-order valence-corrected chi connectivity index (χ1v) is 17.5. The van der Waals surface area contributed by atoms with Crippen molar-refractivity contribution in [3.63, 3.8) is 0 Å². The van der Waals surface area contributed by atoms with Crippen molar-refractivity contribution in [1.82, 2.24) is 0 Å². The van der Waals surface area contributed by atoms with Gasteiger partial charge in [0.15, 0.2) is 0 Å². The van der Waals surface area contributed by atoms with Gasteiger partial charge < -0.3 is 0 Å². The fourth-order valence-electron chi connectivity index (χ4n) is 5.79. The summed E-state index contributed by atoms with van der Waals surface area (Å²) in [6.45, 7) is 11.3. The fourth-order valence-corrected chi connectivity index (χ4v) is 5.79. The first-order chi connectivity index (χ1) is 20.1. The zero-order valence-electron chi connectivity index (χ0n) is 27.9. The molecule has 0 radical (unpaired) electrons. The predicted molar refractivity (Wildman–Crippen MR) is 185 cm³/mol. The Morgan fingerprint density at radius 2 is 0.857 bits per heavy atom. The Kier molecular flexibility index (Phi) is 22.5. The predicted octanol–water partition coefficient (Wildman–Crippen LogP) is 12.7. The summed E-state index contributed by atoms with van der Waals surface area (Å²) in [7, 11) is 0. The summed E-state index contributed by atoms with van der Waals surface area (Å²) < 4.78 is 0. The topological polar surface area (TPSA) is 24.7 Å². The van der Waals surface area contributed by atoms with Gasteiger partial charge in [-0.2, -0.15) is 0 Å². The van der Waals surface area contributed by atoms with E-state index in [9.17, 15) is 0 Å². The van der Waals surface area contributed by atoms with E-state index in [0.717, 1.165) is 49.2 Å². The molecule has 42 heavy (non-hydrogen) atoms. The van der Waals surface area contributed by atoms with Gasteiger partial charge in [0, 0.05) is 22.7 Å². The van der Waals surface area contributed by atoms with E-state index < -0.39 is 0 Å². The number of unbranched alkanes of at least 4 members (excludes halogenated alkanes) is 10. The summed E-state index contributed by atoms with van der Waals surface area (Å²) in [5.41, 5.74) is 8.96. The molecule has 0 amide bonds. The summed E-state index contributed by atoms with van der Waals surface area (Å²) >= 11 is 0. The average molecular weight is 618 g/mol. The Labute approximate surface area is 270 Å². The average Bonchev–Trinajstić information content (AvgIpc) is 2.95. The van der Waals surface area contributed by atoms with Crippen LogP contribution in [0, 0.1) is 0 Å². The first-order valence-electron chi connectivity index (χ1n) is 17.5. The standard InChI is InChI=1S/C39H62N2.Ni/c1-6-11-12-13-14-15-16-17-18-19-20-25-37(41-39-30-35(23-9-4)27-36(31-39)24-10-5)32-40-38-28-33(21-7-2)26-34(29-38)22-8-3;/h26-32H,6-25H2,1-5H3;. The van der Waals surface area contributed by atoms with Crippen molar-refractivity contribution in [2.45, 2.75) is 163 Å². The third kappa shape index (κ3) is 16.8. The second kappa shape index (κ2) is 24.7. The van der Waals surface area contributed by atoms with Crippen LogP contribution in [0.1, 0.15) is 160 Å². The molecule has 0 saturated carbocycles. The van der Waals surface area contributed by atoms with Crippen molar-refractivity contribution >= 4 is 23.3 Å². The second-order valence-electron chi connectivity index (χ2n) is 12.2. The number of aryl methyl sites for hydroxylation is 4. The van der Waals surface area contributed by atoms with Crippen LogP contribution in [0.3, 0.4) is 0 Å². The molecule has 0 bridgehead atoms. The molecule has 0 aliphatic heterocycles. The van der Waals surface area contributed by atoms with Crippen molar-refractivity contribution in [2.75, 3.05) is 0 Å². The minimum Gasteiger partial charge on any atom is -0.255 e. The number of nitrogens with zero attached hydrogens (tertiary/aromatic N) is 2. The number of hydrogen-bond acceptors (Lipinski definition) is 2. The summed E-state index contributed by atoms with van der Waals surface area (Å²) in [5, 5.41) is 0. The molecule has 2 rings (SSSR count). The van der Waals surface area contributed by atoms with Crippen molar-refractivity contribution in [3.05, 3.63) is 58.7 Å². The van der Waals surface area contributed by atoms with Gasteiger partial charge in [0.05, 0.1) is 17.1 Å². The van der Waals surface area contributed by atoms with E-state index in [2.05, 4.69) is 77.2 Å². The van der Waals surface area contributed by atoms with Crippen molar-refractivity contribution < 1.29 is 16.5 Å². The van der Waals surface area contributed by atoms with E-state index in [4.69, 9.17) is 9.98 Å². The molecule has 0 saturated heterocycles. The Hall–Kier alpha value is -1.73. The van der Waals surface area contributed by atoms with E-state index in [0.29, 0.717) is 0 Å². The van der Waals surface area contributed by atoms with Crippen molar-refractivity contribution in [3.8, 4) is 0 Å². The van der Waals surface area contributed by atoms with Crippen LogP contribution in [-0.2, 0) is 42.2 Å². The molecule has 0 heterocycles. The van der Waals surface area contributed by atoms with Gasteiger partial charge in [0.25, 0.3) is 0 Å². The van der Waals surface area contributed by atoms with Gasteiger partial charge >= 0.3 is 0 Å². The molecule has 0 aromatic heterocycles. The molecule has 0 spiro atoms. The minimum atomic E-state index is 0. The quantitative estimate of drug-likeness (QED) is 0.0673. The second-order valence-corrected chi connectivity index (χ2v) is 12.2. The smallest absolute Gasteiger partial charge is 0.0639 e. The van der Waals surface area contributed by atoms with Crippen LogP contribution in [0.15, 0.2) is 46.4 Å². The molecular formula is C39H62N2Ni. The number of benzene rings is 2. The molecule has 3 heteroatoms. The maximum absolute atomic E-state index is 5.23. The molecule has 2 aromatic carbocycles. The Balaban J connectivity index is 0.00000882. The Bertz CT molecular complexity index is 975. The van der Waals surface area contributed by atoms with Gasteiger partial charge in [0.2, 0.25) is 0 Å². The molecule has 0 atom stereocenters. The zero-order chi connectivity index (χ0) is 29.5. The van der Waals surface area contributed by atoms with E-state index in [-0.39, 0.29) is 16.5 Å². The summed E-state index contributed by atoms with van der Waals surface area (Å²) in [4.78, 5) is 10.2. The SMILES string of the molecule is CCCCCCCCCCCCCC(C=Nc1cc(CCC)cc(CCC)c1)=Nc1cc(CCC)cc(CCC)c1.[Ni]. The van der Waals surface area contributed by atoms with E-state index in [1.807, 2.05) is 0 Å². The molecule has 2 aromatic rings. The van der Waals surface area contributed by atoms with Crippen LogP contribution in [0.5, 0.6) is 0 Å². The van der Waals surface area contributed by atoms with Crippen LogP contribution in [0.25, 0.3) is 0 Å². The van der Waals surface area contributed by atoms with Crippen LogP contribution in [0.2, 0.25) is 0 Å². The van der Waals surface area contributed by atoms with Gasteiger partial charge in [-0.15, -0.1) is 0 Å². The fraction of sp³-hybridized carbons (Fsp3) is 0.641. The zero-order valence-corrected chi connectivity index (χ0v) is 28.9. The number of hydrogen-bond donors (Lipinski definition) is 0. The molecule has 0 aliphatic carbocycles. The van der Waals surface area contributed by atoms with Crippen LogP contribution >= 0.6 is 0 Å². The Morgan fingerprint density at radius 1 is 0.476 bits per heavy atom. The largest absolute Gasteiger partial charge is 0.255 e. The summed E-state index contributed by atoms with van der Waals surface area (Å²) in [5.74, 6) is 0. The van der Waals surface area contributed by atoms with E-state index >= 15 is 0 Å². The monoisotopic (exact) mass is 616 g/mol. The number of rotatable bonds is 23. The molecule has 0 aliphatic rings. The van der Waals surface area contributed by atoms with Crippen molar-refractivity contribution in [2.24, 2.45) is 9.98 Å². The van der Waals surface area contributed by atoms with Gasteiger partial charge in [-0.05, 0) is 85.0 Å². The van der Waals surface area contributed by atoms with Crippen LogP contribution < -0.4 is 0 Å². The molecule has 0 N–H and O–H groups in total. The van der Waals surface area contributed by atoms with Gasteiger partial charge in [-0.25, -0.2) is 0 Å². The minimum absolute atomic E-state index is 0. The van der Waals surface area contributed by atoms with Gasteiger partial charge in [-0.1, -0.05) is 137 Å². The van der Waals surface area contributed by atoms with E-state index in [1.54, 1.807) is 0 Å². The molecular weight excluding hydrogens is 555 g/mol. The third-order valence-corrected chi connectivity index (χ3v) is 7.90. The first kappa shape index (κ1) is 38.3. The Morgan fingerprint density at radius 3 is 1.26 bits per heavy atom. The van der Waals surface area contributed by atoms with Crippen LogP contribution in [-0.4, -0.2) is 11.9 Å². The maximum atomic E-state index is 5.23. The molecule has 238 valence electrons. The number of aliphatic imine (C=N–C) groups is 2. The molecule has 2 nitrogen and oxygen atoms in total. The third-order valence-electron chi connectivity index (χ3n) is 7.90. The summed E-state index contributed by atoms with van der Waals surface area (Å²) in [6, 6.07) is 13.9. The molecule has 0 unspecified atom stereocenters. The molecule has 0 fully saturated rings. The van der Waals surface area contributed by atoms with Gasteiger partial charge in [0.1, 0.15) is 0 Å².